The molecule has 1 aromatic carbocycles. The number of allylic oxidation sites excluding steroid dienone is 2. The van der Waals surface area contributed by atoms with E-state index in [9.17, 15) is 9.59 Å². The quantitative estimate of drug-likeness (QED) is 0.767. The molecular formula is C20H24O6. The van der Waals surface area contributed by atoms with Crippen molar-refractivity contribution in [1.82, 2.24) is 0 Å². The maximum Gasteiger partial charge on any atom is 0.311 e. The molecule has 2 aliphatic rings. The summed E-state index contributed by atoms with van der Waals surface area (Å²) in [7, 11) is 4.61. The Bertz CT molecular complexity index is 764. The highest BCUT2D eigenvalue weighted by Crippen LogP contribution is 2.48. The molecule has 6 heteroatoms. The van der Waals surface area contributed by atoms with Gasteiger partial charge in [0.1, 0.15) is 5.76 Å². The van der Waals surface area contributed by atoms with E-state index in [0.717, 1.165) is 5.56 Å². The highest BCUT2D eigenvalue weighted by atomic mass is 16.5. The van der Waals surface area contributed by atoms with Crippen LogP contribution >= 0.6 is 0 Å². The zero-order valence-electron chi connectivity index (χ0n) is 15.8. The SMILES string of the molecule is COc1cc([C@H]2CC(=O)OC3=C2C(=O)CC(C)(C)C3)cc(OC)c1OC. The van der Waals surface area contributed by atoms with E-state index in [4.69, 9.17) is 18.9 Å². The van der Waals surface area contributed by atoms with Gasteiger partial charge in [-0.3, -0.25) is 9.59 Å². The van der Waals surface area contributed by atoms with Gasteiger partial charge in [-0.25, -0.2) is 0 Å². The number of esters is 1. The number of rotatable bonds is 4. The molecule has 26 heavy (non-hydrogen) atoms. The van der Waals surface area contributed by atoms with Crippen LogP contribution in [0.5, 0.6) is 17.2 Å². The molecule has 1 atom stereocenters. The third-order valence-corrected chi connectivity index (χ3v) is 4.92. The lowest BCUT2D eigenvalue weighted by Crippen LogP contribution is -2.33. The Balaban J connectivity index is 2.13. The van der Waals surface area contributed by atoms with Crippen LogP contribution in [0.25, 0.3) is 0 Å². The predicted molar refractivity (Wildman–Crippen MR) is 94.6 cm³/mol. The summed E-state index contributed by atoms with van der Waals surface area (Å²) in [6, 6.07) is 3.59. The van der Waals surface area contributed by atoms with Gasteiger partial charge >= 0.3 is 5.97 Å². The third kappa shape index (κ3) is 3.16. The Hall–Kier alpha value is -2.50. The minimum atomic E-state index is -0.372. The zero-order chi connectivity index (χ0) is 19.1. The molecule has 0 spiro atoms. The van der Waals surface area contributed by atoms with Crippen LogP contribution in [0.2, 0.25) is 0 Å². The number of methoxy groups -OCH3 is 3. The van der Waals surface area contributed by atoms with E-state index in [-0.39, 0.29) is 29.5 Å². The van der Waals surface area contributed by atoms with Crippen molar-refractivity contribution in [1.29, 1.82) is 0 Å². The van der Waals surface area contributed by atoms with Crippen LogP contribution in [-0.4, -0.2) is 33.1 Å². The second-order valence-electron chi connectivity index (χ2n) is 7.47. The van der Waals surface area contributed by atoms with Gasteiger partial charge in [0.25, 0.3) is 0 Å². The van der Waals surface area contributed by atoms with E-state index in [2.05, 4.69) is 0 Å². The van der Waals surface area contributed by atoms with Crippen LogP contribution in [0.15, 0.2) is 23.5 Å². The van der Waals surface area contributed by atoms with E-state index in [1.807, 2.05) is 13.8 Å². The van der Waals surface area contributed by atoms with Crippen LogP contribution in [0.3, 0.4) is 0 Å². The first kappa shape index (κ1) is 18.3. The van der Waals surface area contributed by atoms with Gasteiger partial charge in [0.2, 0.25) is 5.75 Å². The number of carbonyl (C=O) groups excluding carboxylic acids is 2. The van der Waals surface area contributed by atoms with Gasteiger partial charge in [0.15, 0.2) is 17.3 Å². The van der Waals surface area contributed by atoms with E-state index in [1.165, 1.54) is 21.3 Å². The molecule has 0 saturated carbocycles. The van der Waals surface area contributed by atoms with Crippen molar-refractivity contribution >= 4 is 11.8 Å². The molecule has 1 aliphatic heterocycles. The van der Waals surface area contributed by atoms with Crippen LogP contribution in [0.4, 0.5) is 0 Å². The molecule has 1 aliphatic carbocycles. The Kier molecular flexibility index (Phi) is 4.69. The molecule has 0 unspecified atom stereocenters. The van der Waals surface area contributed by atoms with Crippen molar-refractivity contribution < 1.29 is 28.5 Å². The molecule has 0 fully saturated rings. The summed E-state index contributed by atoms with van der Waals surface area (Å²) in [6.45, 7) is 4.01. The molecule has 0 bridgehead atoms. The Labute approximate surface area is 153 Å². The molecule has 0 saturated heterocycles. The van der Waals surface area contributed by atoms with Crippen molar-refractivity contribution in [2.45, 2.75) is 39.0 Å². The number of carbonyl (C=O) groups is 2. The first-order chi connectivity index (χ1) is 12.3. The summed E-state index contributed by atoms with van der Waals surface area (Å²) < 4.78 is 21.6. The lowest BCUT2D eigenvalue weighted by molar-refractivity contribution is -0.142. The largest absolute Gasteiger partial charge is 0.493 e. The van der Waals surface area contributed by atoms with E-state index >= 15 is 0 Å². The van der Waals surface area contributed by atoms with Crippen molar-refractivity contribution in [2.75, 3.05) is 21.3 Å². The number of ether oxygens (including phenoxy) is 4. The number of ketones is 1. The maximum absolute atomic E-state index is 12.8. The van der Waals surface area contributed by atoms with Crippen LogP contribution in [0.1, 0.15) is 44.6 Å². The van der Waals surface area contributed by atoms with Crippen molar-refractivity contribution in [3.8, 4) is 17.2 Å². The fraction of sp³-hybridized carbons (Fsp3) is 0.500. The van der Waals surface area contributed by atoms with Gasteiger partial charge in [-0.15, -0.1) is 0 Å². The highest BCUT2D eigenvalue weighted by Gasteiger charge is 2.42. The summed E-state index contributed by atoms with van der Waals surface area (Å²) in [6.07, 6.45) is 1.12. The summed E-state index contributed by atoms with van der Waals surface area (Å²) in [5, 5.41) is 0. The summed E-state index contributed by atoms with van der Waals surface area (Å²) >= 11 is 0. The number of hydrogen-bond acceptors (Lipinski definition) is 6. The predicted octanol–water partition coefficient (Wildman–Crippen LogP) is 3.39. The van der Waals surface area contributed by atoms with Crippen LogP contribution in [-0.2, 0) is 14.3 Å². The molecule has 6 nitrogen and oxygen atoms in total. The molecule has 1 heterocycles. The number of Topliss-reactive ketones (excluding diaryl/α,β-unsaturated/α-hetero) is 1. The second kappa shape index (κ2) is 6.67. The molecular weight excluding hydrogens is 336 g/mol. The second-order valence-corrected chi connectivity index (χ2v) is 7.47. The monoisotopic (exact) mass is 360 g/mol. The van der Waals surface area contributed by atoms with E-state index in [1.54, 1.807) is 12.1 Å². The zero-order valence-corrected chi connectivity index (χ0v) is 15.8. The minimum Gasteiger partial charge on any atom is -0.493 e. The van der Waals surface area contributed by atoms with E-state index < -0.39 is 0 Å². The molecule has 0 N–H and O–H groups in total. The minimum absolute atomic E-state index is 0.0301. The molecule has 0 aromatic heterocycles. The van der Waals surface area contributed by atoms with Gasteiger partial charge < -0.3 is 18.9 Å². The normalized spacial score (nSPS) is 21.8. The van der Waals surface area contributed by atoms with Gasteiger partial charge in [-0.05, 0) is 23.1 Å². The average Bonchev–Trinajstić information content (AvgIpc) is 2.57. The van der Waals surface area contributed by atoms with Gasteiger partial charge in [0, 0.05) is 24.3 Å². The summed E-state index contributed by atoms with van der Waals surface area (Å²) in [4.78, 5) is 25.0. The molecule has 1 aromatic rings. The average molecular weight is 360 g/mol. The lowest BCUT2D eigenvalue weighted by Gasteiger charge is -2.36. The molecule has 140 valence electrons. The third-order valence-electron chi connectivity index (χ3n) is 4.92. The lowest BCUT2D eigenvalue weighted by atomic mass is 9.71. The fourth-order valence-corrected chi connectivity index (χ4v) is 3.79. The number of benzene rings is 1. The fourth-order valence-electron chi connectivity index (χ4n) is 3.79. The topological polar surface area (TPSA) is 71.1 Å². The van der Waals surface area contributed by atoms with Crippen molar-refractivity contribution in [2.24, 2.45) is 5.41 Å². The standard InChI is InChI=1S/C20H24O6/c1-20(2)9-13(21)18-12(8-17(22)26-16(18)10-20)11-6-14(23-3)19(25-5)15(7-11)24-4/h6-7,12H,8-10H2,1-5H3/t12-/m1/s1. The Morgan fingerprint density at radius 1 is 1.00 bits per heavy atom. The molecule has 0 radical (unpaired) electrons. The molecule has 0 amide bonds. The van der Waals surface area contributed by atoms with E-state index in [0.29, 0.717) is 41.4 Å². The summed E-state index contributed by atoms with van der Waals surface area (Å²) in [5.41, 5.74) is 1.16. The maximum atomic E-state index is 12.8. The van der Waals surface area contributed by atoms with Crippen LogP contribution in [0, 0.1) is 5.41 Å². The summed E-state index contributed by atoms with van der Waals surface area (Å²) in [5.74, 6) is 1.29. The van der Waals surface area contributed by atoms with Crippen molar-refractivity contribution in [3.05, 3.63) is 29.0 Å². The smallest absolute Gasteiger partial charge is 0.311 e. The first-order valence-electron chi connectivity index (χ1n) is 8.56. The van der Waals surface area contributed by atoms with Crippen LogP contribution < -0.4 is 14.2 Å². The van der Waals surface area contributed by atoms with Gasteiger partial charge in [-0.1, -0.05) is 13.8 Å². The van der Waals surface area contributed by atoms with Gasteiger partial charge in [-0.2, -0.15) is 0 Å². The number of hydrogen-bond donors (Lipinski definition) is 0. The highest BCUT2D eigenvalue weighted by molar-refractivity contribution is 6.00. The Morgan fingerprint density at radius 2 is 1.62 bits per heavy atom. The Morgan fingerprint density at radius 3 is 2.15 bits per heavy atom. The van der Waals surface area contributed by atoms with Crippen molar-refractivity contribution in [3.63, 3.8) is 0 Å². The van der Waals surface area contributed by atoms with Gasteiger partial charge in [0.05, 0.1) is 27.8 Å². The molecule has 3 rings (SSSR count). The first-order valence-corrected chi connectivity index (χ1v) is 8.56.